The molecule has 1 saturated heterocycles. The summed E-state index contributed by atoms with van der Waals surface area (Å²) < 4.78 is 74.1. The molecule has 3 aromatic rings. The molecule has 0 aliphatic carbocycles. The maximum Gasteiger partial charge on any atom is 0.269 e. The van der Waals surface area contributed by atoms with Gasteiger partial charge in [0.15, 0.2) is 0 Å². The lowest BCUT2D eigenvalue weighted by Crippen LogP contribution is -2.42. The van der Waals surface area contributed by atoms with Gasteiger partial charge in [-0.2, -0.15) is 4.31 Å². The number of halogens is 2. The van der Waals surface area contributed by atoms with Crippen LogP contribution in [-0.4, -0.2) is 59.3 Å². The number of carbonyl (C=O) groups excluding carboxylic acids is 2. The lowest BCUT2D eigenvalue weighted by Gasteiger charge is -2.26. The van der Waals surface area contributed by atoms with Crippen LogP contribution in [0.3, 0.4) is 0 Å². The largest absolute Gasteiger partial charge is 0.379 e. The fourth-order valence-corrected chi connectivity index (χ4v) is 6.29. The average Bonchev–Trinajstić information content (AvgIpc) is 2.93. The molecular formula is C24H22ClFN4O7S2. The minimum atomic E-state index is -4.22. The third-order valence-electron chi connectivity index (χ3n) is 5.57. The molecular weight excluding hydrogens is 575 g/mol. The lowest BCUT2D eigenvalue weighted by molar-refractivity contribution is 0.0729. The summed E-state index contributed by atoms with van der Waals surface area (Å²) in [5.41, 5.74) is 4.18. The molecule has 0 aromatic heterocycles. The SMILES string of the molecule is O=C(NNC(=O)c1ccc(F)c(S(=O)(=O)N2CCOCC2)c1)c1cccc(S(=O)(=O)Nc2ccc(Cl)cc2)c1. The topological polar surface area (TPSA) is 151 Å². The summed E-state index contributed by atoms with van der Waals surface area (Å²) in [5.74, 6) is -2.81. The summed E-state index contributed by atoms with van der Waals surface area (Å²) in [7, 11) is -8.28. The van der Waals surface area contributed by atoms with E-state index in [1.165, 1.54) is 42.5 Å². The number of hydrogen-bond acceptors (Lipinski definition) is 7. The molecule has 3 aromatic carbocycles. The molecule has 1 aliphatic heterocycles. The van der Waals surface area contributed by atoms with Crippen LogP contribution in [0.4, 0.5) is 10.1 Å². The van der Waals surface area contributed by atoms with Crippen LogP contribution in [0.15, 0.2) is 76.5 Å². The normalized spacial score (nSPS) is 14.4. The number of nitrogens with one attached hydrogen (secondary N) is 3. The average molecular weight is 597 g/mol. The van der Waals surface area contributed by atoms with E-state index in [2.05, 4.69) is 15.6 Å². The van der Waals surface area contributed by atoms with E-state index in [4.69, 9.17) is 16.3 Å². The van der Waals surface area contributed by atoms with Crippen LogP contribution in [0.1, 0.15) is 20.7 Å². The van der Waals surface area contributed by atoms with E-state index in [1.54, 1.807) is 0 Å². The van der Waals surface area contributed by atoms with Gasteiger partial charge in [0.1, 0.15) is 10.7 Å². The Hall–Kier alpha value is -3.56. The molecule has 0 bridgehead atoms. The zero-order valence-corrected chi connectivity index (χ0v) is 22.4. The Morgan fingerprint density at radius 1 is 0.846 bits per heavy atom. The quantitative estimate of drug-likeness (QED) is 0.354. The van der Waals surface area contributed by atoms with Crippen LogP contribution in [0, 0.1) is 5.82 Å². The van der Waals surface area contributed by atoms with Crippen molar-refractivity contribution in [1.82, 2.24) is 15.2 Å². The van der Waals surface area contributed by atoms with Crippen LogP contribution in [0.5, 0.6) is 0 Å². The third kappa shape index (κ3) is 6.72. The smallest absolute Gasteiger partial charge is 0.269 e. The van der Waals surface area contributed by atoms with E-state index in [0.717, 1.165) is 28.6 Å². The Morgan fingerprint density at radius 3 is 2.10 bits per heavy atom. The van der Waals surface area contributed by atoms with E-state index in [-0.39, 0.29) is 48.0 Å². The second-order valence-corrected chi connectivity index (χ2v) is 12.2. The van der Waals surface area contributed by atoms with Gasteiger partial charge in [0.05, 0.1) is 18.1 Å². The second kappa shape index (κ2) is 11.7. The zero-order valence-electron chi connectivity index (χ0n) is 20.1. The molecule has 0 atom stereocenters. The van der Waals surface area contributed by atoms with Crippen LogP contribution in [0.2, 0.25) is 5.02 Å². The van der Waals surface area contributed by atoms with Gasteiger partial charge in [-0.25, -0.2) is 21.2 Å². The first-order chi connectivity index (χ1) is 18.5. The van der Waals surface area contributed by atoms with Gasteiger partial charge in [0.2, 0.25) is 10.0 Å². The number of anilines is 1. The third-order valence-corrected chi connectivity index (χ3v) is 9.12. The summed E-state index contributed by atoms with van der Waals surface area (Å²) in [4.78, 5) is 24.3. The number of rotatable bonds is 7. The fraction of sp³-hybridized carbons (Fsp3) is 0.167. The van der Waals surface area contributed by atoms with Gasteiger partial charge in [0.25, 0.3) is 21.8 Å². The van der Waals surface area contributed by atoms with Gasteiger partial charge in [0, 0.05) is 34.9 Å². The van der Waals surface area contributed by atoms with Gasteiger partial charge in [-0.1, -0.05) is 17.7 Å². The molecule has 0 saturated carbocycles. The molecule has 39 heavy (non-hydrogen) atoms. The summed E-state index contributed by atoms with van der Waals surface area (Å²) in [6, 6.07) is 13.8. The monoisotopic (exact) mass is 596 g/mol. The summed E-state index contributed by atoms with van der Waals surface area (Å²) >= 11 is 5.81. The predicted molar refractivity (Wildman–Crippen MR) is 140 cm³/mol. The van der Waals surface area contributed by atoms with Crippen molar-refractivity contribution >= 4 is 49.1 Å². The van der Waals surface area contributed by atoms with E-state index < -0.39 is 42.6 Å². The molecule has 2 amide bonds. The highest BCUT2D eigenvalue weighted by Crippen LogP contribution is 2.22. The highest BCUT2D eigenvalue weighted by atomic mass is 35.5. The summed E-state index contributed by atoms with van der Waals surface area (Å²) in [5, 5.41) is 0.425. The molecule has 3 N–H and O–H groups in total. The first-order valence-electron chi connectivity index (χ1n) is 11.3. The van der Waals surface area contributed by atoms with Crippen molar-refractivity contribution in [2.24, 2.45) is 0 Å². The van der Waals surface area contributed by atoms with Gasteiger partial charge < -0.3 is 4.74 Å². The zero-order chi connectivity index (χ0) is 28.2. The number of sulfonamides is 2. The second-order valence-electron chi connectivity index (χ2n) is 8.21. The van der Waals surface area contributed by atoms with Crippen molar-refractivity contribution < 1.29 is 35.6 Å². The predicted octanol–water partition coefficient (Wildman–Crippen LogP) is 2.38. The molecule has 0 unspecified atom stereocenters. The Balaban J connectivity index is 1.45. The van der Waals surface area contributed by atoms with Crippen molar-refractivity contribution in [3.8, 4) is 0 Å². The number of amides is 2. The molecule has 0 radical (unpaired) electrons. The van der Waals surface area contributed by atoms with Gasteiger partial charge in [-0.05, 0) is 60.7 Å². The number of hydrogen-bond donors (Lipinski definition) is 3. The van der Waals surface area contributed by atoms with Gasteiger partial charge in [-0.3, -0.25) is 25.2 Å². The number of benzene rings is 3. The number of morpholine rings is 1. The van der Waals surface area contributed by atoms with Crippen molar-refractivity contribution in [1.29, 1.82) is 0 Å². The molecule has 15 heteroatoms. The minimum absolute atomic E-state index is 0.0399. The molecule has 1 aliphatic rings. The standard InChI is InChI=1S/C24H22ClFN4O7S2/c25-18-5-7-19(8-6-18)29-38(33,34)20-3-1-2-16(14-20)23(31)27-28-24(32)17-4-9-21(26)22(15-17)39(35,36)30-10-12-37-13-11-30/h1-9,14-15,29H,10-13H2,(H,27,31)(H,28,32). The molecule has 1 fully saturated rings. The van der Waals surface area contributed by atoms with Gasteiger partial charge in [-0.15, -0.1) is 0 Å². The van der Waals surface area contributed by atoms with Crippen molar-refractivity contribution in [2.75, 3.05) is 31.0 Å². The van der Waals surface area contributed by atoms with E-state index in [0.29, 0.717) is 5.02 Å². The minimum Gasteiger partial charge on any atom is -0.379 e. The fourth-order valence-electron chi connectivity index (χ4n) is 3.56. The number of nitrogens with zero attached hydrogens (tertiary/aromatic N) is 1. The molecule has 0 spiro atoms. The highest BCUT2D eigenvalue weighted by Gasteiger charge is 2.30. The summed E-state index contributed by atoms with van der Waals surface area (Å²) in [6.07, 6.45) is 0. The van der Waals surface area contributed by atoms with Crippen molar-refractivity contribution in [2.45, 2.75) is 9.79 Å². The maximum atomic E-state index is 14.4. The Bertz CT molecular complexity index is 1610. The molecule has 11 nitrogen and oxygen atoms in total. The molecule has 4 rings (SSSR count). The number of hydrazine groups is 1. The van der Waals surface area contributed by atoms with Crippen molar-refractivity contribution in [3.63, 3.8) is 0 Å². The van der Waals surface area contributed by atoms with Gasteiger partial charge >= 0.3 is 0 Å². The molecule has 1 heterocycles. The maximum absolute atomic E-state index is 14.4. The molecule has 206 valence electrons. The van der Waals surface area contributed by atoms with Crippen LogP contribution in [0.25, 0.3) is 0 Å². The van der Waals surface area contributed by atoms with E-state index >= 15 is 0 Å². The van der Waals surface area contributed by atoms with Crippen LogP contribution in [-0.2, 0) is 24.8 Å². The Kier molecular flexibility index (Phi) is 8.51. The van der Waals surface area contributed by atoms with Crippen LogP contribution < -0.4 is 15.6 Å². The first kappa shape index (κ1) is 28.4. The van der Waals surface area contributed by atoms with Crippen LogP contribution >= 0.6 is 11.6 Å². The summed E-state index contributed by atoms with van der Waals surface area (Å²) in [6.45, 7) is 0.399. The Morgan fingerprint density at radius 2 is 1.46 bits per heavy atom. The Labute approximate surface area is 229 Å². The first-order valence-corrected chi connectivity index (χ1v) is 14.6. The van der Waals surface area contributed by atoms with E-state index in [9.17, 15) is 30.8 Å². The van der Waals surface area contributed by atoms with E-state index in [1.807, 2.05) is 0 Å². The lowest BCUT2D eigenvalue weighted by atomic mass is 10.2. The number of ether oxygens (including phenoxy) is 1. The highest BCUT2D eigenvalue weighted by molar-refractivity contribution is 7.92. The van der Waals surface area contributed by atoms with Crippen molar-refractivity contribution in [3.05, 3.63) is 88.7 Å². The number of carbonyl (C=O) groups is 2.